The van der Waals surface area contributed by atoms with Gasteiger partial charge in [-0.1, -0.05) is 0 Å². The van der Waals surface area contributed by atoms with E-state index in [2.05, 4.69) is 20.0 Å². The first-order chi connectivity index (χ1) is 14.7. The lowest BCUT2D eigenvalue weighted by atomic mass is 9.97. The Morgan fingerprint density at radius 2 is 2.00 bits per heavy atom. The van der Waals surface area contributed by atoms with Crippen LogP contribution in [-0.4, -0.2) is 66.7 Å². The maximum atomic E-state index is 12.9. The zero-order chi connectivity index (χ0) is 20.1. The van der Waals surface area contributed by atoms with Crippen molar-refractivity contribution in [2.75, 3.05) is 31.1 Å². The van der Waals surface area contributed by atoms with Crippen molar-refractivity contribution in [1.29, 1.82) is 0 Å². The van der Waals surface area contributed by atoms with Crippen LogP contribution in [0, 0.1) is 5.92 Å². The first kappa shape index (κ1) is 17.9. The maximum Gasteiger partial charge on any atom is 0.227 e. The SMILES string of the molecule is O=C([C@@H]1CCCN(c2ncc3nc(C4(n5cccn5)CC4)[nH]c3n2)C1)N1CCCC1. The molecule has 0 aromatic carbocycles. The summed E-state index contributed by atoms with van der Waals surface area (Å²) in [7, 11) is 0. The van der Waals surface area contributed by atoms with Crippen LogP contribution in [0.3, 0.4) is 0 Å². The Balaban J connectivity index is 1.24. The fourth-order valence-electron chi connectivity index (χ4n) is 4.94. The molecule has 1 amide bonds. The molecular formula is C21H26N8O. The molecule has 30 heavy (non-hydrogen) atoms. The number of hydrogen-bond donors (Lipinski definition) is 1. The number of rotatable bonds is 4. The van der Waals surface area contributed by atoms with Crippen molar-refractivity contribution in [2.24, 2.45) is 5.92 Å². The van der Waals surface area contributed by atoms with Crippen LogP contribution in [0.2, 0.25) is 0 Å². The van der Waals surface area contributed by atoms with Gasteiger partial charge < -0.3 is 14.8 Å². The molecule has 1 saturated carbocycles. The third-order valence-electron chi connectivity index (χ3n) is 6.80. The Morgan fingerprint density at radius 1 is 1.13 bits per heavy atom. The fourth-order valence-corrected chi connectivity index (χ4v) is 4.94. The van der Waals surface area contributed by atoms with Gasteiger partial charge in [0.15, 0.2) is 5.65 Å². The molecule has 0 spiro atoms. The highest BCUT2D eigenvalue weighted by Crippen LogP contribution is 2.47. The highest BCUT2D eigenvalue weighted by atomic mass is 16.2. The summed E-state index contributed by atoms with van der Waals surface area (Å²) in [4.78, 5) is 34.6. The highest BCUT2D eigenvalue weighted by molar-refractivity contribution is 5.80. The average molecular weight is 406 g/mol. The second-order valence-electron chi connectivity index (χ2n) is 8.79. The number of amides is 1. The molecule has 156 valence electrons. The van der Waals surface area contributed by atoms with Crippen LogP contribution in [0.25, 0.3) is 11.2 Å². The van der Waals surface area contributed by atoms with Crippen LogP contribution in [0.5, 0.6) is 0 Å². The quantitative estimate of drug-likeness (QED) is 0.711. The maximum absolute atomic E-state index is 12.9. The lowest BCUT2D eigenvalue weighted by molar-refractivity contribution is -0.134. The first-order valence-corrected chi connectivity index (χ1v) is 11.0. The molecule has 9 heteroatoms. The van der Waals surface area contributed by atoms with Gasteiger partial charge in [-0.25, -0.2) is 9.97 Å². The van der Waals surface area contributed by atoms with E-state index in [1.54, 1.807) is 12.4 Å². The third-order valence-corrected chi connectivity index (χ3v) is 6.80. The number of anilines is 1. The fraction of sp³-hybridized carbons (Fsp3) is 0.571. The molecule has 2 aliphatic heterocycles. The van der Waals surface area contributed by atoms with Crippen molar-refractivity contribution >= 4 is 23.0 Å². The number of aromatic nitrogens is 6. The molecule has 0 unspecified atom stereocenters. The van der Waals surface area contributed by atoms with Crippen molar-refractivity contribution in [3.8, 4) is 0 Å². The number of aromatic amines is 1. The van der Waals surface area contributed by atoms with Gasteiger partial charge in [0.2, 0.25) is 11.9 Å². The van der Waals surface area contributed by atoms with Crippen LogP contribution in [0.4, 0.5) is 5.95 Å². The molecule has 1 N–H and O–H groups in total. The highest BCUT2D eigenvalue weighted by Gasteiger charge is 2.50. The summed E-state index contributed by atoms with van der Waals surface area (Å²) in [6, 6.07) is 1.94. The Kier molecular flexibility index (Phi) is 4.04. The largest absolute Gasteiger partial charge is 0.342 e. The predicted octanol–water partition coefficient (Wildman–Crippen LogP) is 1.93. The summed E-state index contributed by atoms with van der Waals surface area (Å²) in [6.07, 6.45) is 11.8. The number of likely N-dealkylation sites (tertiary alicyclic amines) is 1. The van der Waals surface area contributed by atoms with Gasteiger partial charge in [-0.05, 0) is 44.6 Å². The van der Waals surface area contributed by atoms with Gasteiger partial charge in [-0.2, -0.15) is 10.1 Å². The van der Waals surface area contributed by atoms with Crippen molar-refractivity contribution in [1.82, 2.24) is 34.6 Å². The Hall–Kier alpha value is -2.97. The molecule has 6 rings (SSSR count). The van der Waals surface area contributed by atoms with E-state index in [1.807, 2.05) is 21.8 Å². The minimum absolute atomic E-state index is 0.0445. The lowest BCUT2D eigenvalue weighted by Gasteiger charge is -2.33. The molecule has 0 bridgehead atoms. The number of H-pyrrole nitrogens is 1. The van der Waals surface area contributed by atoms with Gasteiger partial charge in [-0.3, -0.25) is 9.48 Å². The van der Waals surface area contributed by atoms with E-state index in [0.717, 1.165) is 75.1 Å². The number of nitrogens with one attached hydrogen (secondary N) is 1. The van der Waals surface area contributed by atoms with E-state index in [1.165, 1.54) is 0 Å². The smallest absolute Gasteiger partial charge is 0.227 e. The summed E-state index contributed by atoms with van der Waals surface area (Å²) >= 11 is 0. The number of fused-ring (bicyclic) bond motifs is 1. The monoisotopic (exact) mass is 406 g/mol. The Bertz CT molecular complexity index is 1060. The minimum atomic E-state index is -0.178. The van der Waals surface area contributed by atoms with Gasteiger partial charge in [0, 0.05) is 38.6 Å². The molecule has 0 radical (unpaired) electrons. The molecule has 3 fully saturated rings. The minimum Gasteiger partial charge on any atom is -0.342 e. The molecular weight excluding hydrogens is 380 g/mol. The molecule has 2 saturated heterocycles. The van der Waals surface area contributed by atoms with Gasteiger partial charge >= 0.3 is 0 Å². The molecule has 3 aromatic rings. The predicted molar refractivity (Wildman–Crippen MR) is 111 cm³/mol. The second-order valence-corrected chi connectivity index (χ2v) is 8.79. The summed E-state index contributed by atoms with van der Waals surface area (Å²) < 4.78 is 1.98. The van der Waals surface area contributed by atoms with Crippen LogP contribution in [0.1, 0.15) is 44.3 Å². The van der Waals surface area contributed by atoms with Crippen LogP contribution < -0.4 is 4.90 Å². The third kappa shape index (κ3) is 2.86. The van der Waals surface area contributed by atoms with Crippen LogP contribution in [0.15, 0.2) is 24.7 Å². The van der Waals surface area contributed by atoms with E-state index in [0.29, 0.717) is 18.4 Å². The topological polar surface area (TPSA) is 95.8 Å². The van der Waals surface area contributed by atoms with Gasteiger partial charge in [0.25, 0.3) is 0 Å². The van der Waals surface area contributed by atoms with Crippen LogP contribution in [-0.2, 0) is 10.3 Å². The van der Waals surface area contributed by atoms with Gasteiger partial charge in [-0.15, -0.1) is 0 Å². The molecule has 1 atom stereocenters. The van der Waals surface area contributed by atoms with E-state index < -0.39 is 0 Å². The number of piperidine rings is 1. The molecule has 9 nitrogen and oxygen atoms in total. The van der Waals surface area contributed by atoms with E-state index in [4.69, 9.17) is 9.97 Å². The summed E-state index contributed by atoms with van der Waals surface area (Å²) in [5.74, 6) is 1.92. The molecule has 1 aliphatic carbocycles. The van der Waals surface area contributed by atoms with E-state index >= 15 is 0 Å². The molecule has 5 heterocycles. The Labute approximate surface area is 174 Å². The van der Waals surface area contributed by atoms with Gasteiger partial charge in [0.1, 0.15) is 16.9 Å². The lowest BCUT2D eigenvalue weighted by Crippen LogP contribution is -2.44. The number of hydrogen-bond acceptors (Lipinski definition) is 6. The Morgan fingerprint density at radius 3 is 2.77 bits per heavy atom. The number of carbonyl (C=O) groups is 1. The van der Waals surface area contributed by atoms with Crippen LogP contribution >= 0.6 is 0 Å². The summed E-state index contributed by atoms with van der Waals surface area (Å²) in [6.45, 7) is 3.39. The van der Waals surface area contributed by atoms with Gasteiger partial charge in [0.05, 0.1) is 12.1 Å². The van der Waals surface area contributed by atoms with Crippen molar-refractivity contribution in [3.05, 3.63) is 30.5 Å². The standard InChI is InChI=1S/C21H26N8O/c30-18(27-9-1-2-10-27)15-5-3-11-28(14-15)20-22-13-16-17(26-20)25-19(24-16)21(6-7-21)29-12-4-8-23-29/h4,8,12-13,15H,1-3,5-7,9-11,14H2,(H,22,24,25,26)/t15-/m1/s1. The summed E-state index contributed by atoms with van der Waals surface area (Å²) in [5, 5.41) is 4.42. The number of nitrogens with zero attached hydrogens (tertiary/aromatic N) is 7. The molecule has 3 aromatic heterocycles. The average Bonchev–Trinajstić information content (AvgIpc) is 3.24. The van der Waals surface area contributed by atoms with E-state index in [-0.39, 0.29) is 11.5 Å². The number of imidazole rings is 1. The molecule has 3 aliphatic rings. The normalized spacial score (nSPS) is 23.3. The first-order valence-electron chi connectivity index (χ1n) is 11.0. The van der Waals surface area contributed by atoms with E-state index in [9.17, 15) is 4.79 Å². The zero-order valence-corrected chi connectivity index (χ0v) is 17.0. The zero-order valence-electron chi connectivity index (χ0n) is 17.0. The van der Waals surface area contributed by atoms with Crippen molar-refractivity contribution < 1.29 is 4.79 Å². The number of carbonyl (C=O) groups excluding carboxylic acids is 1. The van der Waals surface area contributed by atoms with Crippen molar-refractivity contribution in [2.45, 2.75) is 44.1 Å². The summed E-state index contributed by atoms with van der Waals surface area (Å²) in [5.41, 5.74) is 1.35. The van der Waals surface area contributed by atoms with Crippen molar-refractivity contribution in [3.63, 3.8) is 0 Å². The second kappa shape index (κ2) is 6.78.